The van der Waals surface area contributed by atoms with E-state index < -0.39 is 23.9 Å². The van der Waals surface area contributed by atoms with E-state index in [-0.39, 0.29) is 12.8 Å². The molecule has 8 heteroatoms. The summed E-state index contributed by atoms with van der Waals surface area (Å²) in [5.74, 6) is -0.575. The minimum atomic E-state index is -4.32. The summed E-state index contributed by atoms with van der Waals surface area (Å²) in [6.07, 6.45) is -3.83. The van der Waals surface area contributed by atoms with Crippen LogP contribution in [0.15, 0.2) is 18.2 Å². The average Bonchev–Trinajstić information content (AvgIpc) is 3.31. The number of carbonyl (C=O) groups is 1. The van der Waals surface area contributed by atoms with Crippen LogP contribution in [0.2, 0.25) is 4.34 Å². The number of rotatable bonds is 4. The van der Waals surface area contributed by atoms with E-state index in [0.717, 1.165) is 40.7 Å². The zero-order valence-corrected chi connectivity index (χ0v) is 17.8. The van der Waals surface area contributed by atoms with Crippen molar-refractivity contribution in [1.82, 2.24) is 0 Å². The predicted molar refractivity (Wildman–Crippen MR) is 111 cm³/mol. The van der Waals surface area contributed by atoms with E-state index in [2.05, 4.69) is 10.2 Å². The largest absolute Gasteiger partial charge is 0.395 e. The van der Waals surface area contributed by atoms with Crippen molar-refractivity contribution in [3.05, 3.63) is 44.1 Å². The third-order valence-corrected chi connectivity index (χ3v) is 7.30. The number of amides is 1. The monoisotopic (exact) mass is 442 g/mol. The summed E-state index contributed by atoms with van der Waals surface area (Å²) in [6.45, 7) is 5.40. The first-order chi connectivity index (χ1) is 13.6. The van der Waals surface area contributed by atoms with Crippen LogP contribution >= 0.6 is 22.9 Å². The van der Waals surface area contributed by atoms with E-state index in [1.807, 2.05) is 32.0 Å². The number of fused-ring (bicyclic) bond motifs is 1. The number of hydrogen-bond donors (Lipinski definition) is 1. The fourth-order valence-electron chi connectivity index (χ4n) is 4.04. The van der Waals surface area contributed by atoms with Gasteiger partial charge in [-0.15, -0.1) is 11.3 Å². The molecule has 29 heavy (non-hydrogen) atoms. The Hall–Kier alpha value is -1.73. The SMILES string of the molecule is Cc1cc(N2CCc3sc(Cl)cc3C2)cc(C)c1NC(=O)CC1(C(F)(F)F)CC1. The Morgan fingerprint density at radius 1 is 1.24 bits per heavy atom. The minimum Gasteiger partial charge on any atom is -0.367 e. The fraction of sp³-hybridized carbons (Fsp3) is 0.476. The molecule has 2 heterocycles. The van der Waals surface area contributed by atoms with Crippen LogP contribution in [0.5, 0.6) is 0 Å². The highest BCUT2D eigenvalue weighted by molar-refractivity contribution is 7.16. The minimum absolute atomic E-state index is 0.0321. The van der Waals surface area contributed by atoms with E-state index in [0.29, 0.717) is 5.69 Å². The topological polar surface area (TPSA) is 32.3 Å². The molecular weight excluding hydrogens is 421 g/mol. The standard InChI is InChI=1S/C21H22ClF3N2OS/c1-12-7-15(27-6-3-16-14(11-27)9-17(22)29-16)8-13(2)19(12)26-18(28)10-20(4-5-20)21(23,24)25/h7-9H,3-6,10-11H2,1-2H3,(H,26,28). The van der Waals surface area contributed by atoms with Gasteiger partial charge in [-0.25, -0.2) is 0 Å². The molecule has 0 spiro atoms. The van der Waals surface area contributed by atoms with E-state index in [9.17, 15) is 18.0 Å². The third-order valence-electron chi connectivity index (χ3n) is 5.94. The van der Waals surface area contributed by atoms with Crippen molar-refractivity contribution in [2.75, 3.05) is 16.8 Å². The zero-order chi connectivity index (χ0) is 21.0. The zero-order valence-electron chi connectivity index (χ0n) is 16.3. The first-order valence-corrected chi connectivity index (χ1v) is 10.8. The molecule has 0 saturated heterocycles. The lowest BCUT2D eigenvalue weighted by Gasteiger charge is -2.30. The first-order valence-electron chi connectivity index (χ1n) is 9.58. The number of nitrogens with zero attached hydrogens (tertiary/aromatic N) is 1. The Labute approximate surface area is 176 Å². The summed E-state index contributed by atoms with van der Waals surface area (Å²) in [6, 6.07) is 5.98. The van der Waals surface area contributed by atoms with Gasteiger partial charge in [0, 0.05) is 35.8 Å². The molecule has 1 saturated carbocycles. The Balaban J connectivity index is 1.49. The molecule has 4 rings (SSSR count). The van der Waals surface area contributed by atoms with Gasteiger partial charge < -0.3 is 10.2 Å². The van der Waals surface area contributed by atoms with E-state index in [4.69, 9.17) is 11.6 Å². The maximum atomic E-state index is 13.1. The maximum Gasteiger partial charge on any atom is 0.395 e. The summed E-state index contributed by atoms with van der Waals surface area (Å²) < 4.78 is 40.2. The van der Waals surface area contributed by atoms with Crippen molar-refractivity contribution < 1.29 is 18.0 Å². The third kappa shape index (κ3) is 3.99. The lowest BCUT2D eigenvalue weighted by atomic mass is 10.0. The first kappa shape index (κ1) is 20.5. The molecule has 1 aromatic carbocycles. The smallest absolute Gasteiger partial charge is 0.367 e. The molecule has 2 aliphatic rings. The van der Waals surface area contributed by atoms with Crippen LogP contribution in [0.3, 0.4) is 0 Å². The van der Waals surface area contributed by atoms with Gasteiger partial charge in [0.25, 0.3) is 0 Å². The summed E-state index contributed by atoms with van der Waals surface area (Å²) in [7, 11) is 0. The number of thiophene rings is 1. The van der Waals surface area contributed by atoms with Crippen molar-refractivity contribution in [1.29, 1.82) is 0 Å². The lowest BCUT2D eigenvalue weighted by Crippen LogP contribution is -2.30. The lowest BCUT2D eigenvalue weighted by molar-refractivity contribution is -0.189. The Morgan fingerprint density at radius 3 is 2.48 bits per heavy atom. The van der Waals surface area contributed by atoms with Gasteiger partial charge in [-0.2, -0.15) is 13.2 Å². The van der Waals surface area contributed by atoms with Crippen molar-refractivity contribution in [3.63, 3.8) is 0 Å². The molecule has 0 radical (unpaired) electrons. The Morgan fingerprint density at radius 2 is 1.90 bits per heavy atom. The number of halogens is 4. The highest BCUT2D eigenvalue weighted by atomic mass is 35.5. The van der Waals surface area contributed by atoms with Gasteiger partial charge in [0.15, 0.2) is 0 Å². The normalized spacial score (nSPS) is 17.8. The van der Waals surface area contributed by atoms with E-state index >= 15 is 0 Å². The fourth-order valence-corrected chi connectivity index (χ4v) is 5.34. The van der Waals surface area contributed by atoms with Crippen LogP contribution in [0.25, 0.3) is 0 Å². The number of carbonyl (C=O) groups excluding carboxylic acids is 1. The second-order valence-electron chi connectivity index (χ2n) is 8.13. The summed E-state index contributed by atoms with van der Waals surface area (Å²) in [4.78, 5) is 15.9. The Kier molecular flexibility index (Phi) is 5.10. The van der Waals surface area contributed by atoms with E-state index in [1.165, 1.54) is 10.4 Å². The van der Waals surface area contributed by atoms with Gasteiger partial charge in [0.05, 0.1) is 9.75 Å². The highest BCUT2D eigenvalue weighted by Gasteiger charge is 2.63. The number of aryl methyl sites for hydroxylation is 2. The van der Waals surface area contributed by atoms with Crippen LogP contribution in [-0.2, 0) is 17.8 Å². The second-order valence-corrected chi connectivity index (χ2v) is 9.90. The predicted octanol–water partition coefficient (Wildman–Crippen LogP) is 6.25. The van der Waals surface area contributed by atoms with Crippen molar-refractivity contribution in [3.8, 4) is 0 Å². The quantitative estimate of drug-likeness (QED) is 0.606. The molecule has 1 fully saturated rings. The van der Waals surface area contributed by atoms with Gasteiger partial charge in [0.1, 0.15) is 0 Å². The number of benzene rings is 1. The van der Waals surface area contributed by atoms with Crippen LogP contribution in [0.1, 0.15) is 40.8 Å². The Bertz CT molecular complexity index is 942. The van der Waals surface area contributed by atoms with Crippen LogP contribution in [-0.4, -0.2) is 18.6 Å². The van der Waals surface area contributed by atoms with Crippen molar-refractivity contribution >= 4 is 40.2 Å². The number of hydrogen-bond acceptors (Lipinski definition) is 3. The van der Waals surface area contributed by atoms with Crippen LogP contribution < -0.4 is 10.2 Å². The molecular formula is C21H22ClF3N2OS. The highest BCUT2D eigenvalue weighted by Crippen LogP contribution is 2.60. The number of nitrogens with one attached hydrogen (secondary N) is 1. The molecule has 156 valence electrons. The van der Waals surface area contributed by atoms with Crippen molar-refractivity contribution in [2.24, 2.45) is 5.41 Å². The van der Waals surface area contributed by atoms with Crippen LogP contribution in [0, 0.1) is 19.3 Å². The summed E-state index contributed by atoms with van der Waals surface area (Å²) in [5, 5.41) is 2.72. The van der Waals surface area contributed by atoms with Gasteiger partial charge in [-0.3, -0.25) is 4.79 Å². The molecule has 1 aliphatic heterocycles. The van der Waals surface area contributed by atoms with Gasteiger partial charge >= 0.3 is 6.18 Å². The van der Waals surface area contributed by atoms with Gasteiger partial charge in [-0.05, 0) is 68.0 Å². The molecule has 1 amide bonds. The van der Waals surface area contributed by atoms with Crippen LogP contribution in [0.4, 0.5) is 24.5 Å². The number of anilines is 2. The summed E-state index contributed by atoms with van der Waals surface area (Å²) >= 11 is 7.76. The van der Waals surface area contributed by atoms with E-state index in [1.54, 1.807) is 11.3 Å². The molecule has 2 aromatic rings. The molecule has 0 bridgehead atoms. The average molecular weight is 443 g/mol. The van der Waals surface area contributed by atoms with Crippen molar-refractivity contribution in [2.45, 2.75) is 52.3 Å². The number of alkyl halides is 3. The molecule has 1 N–H and O–H groups in total. The second kappa shape index (κ2) is 7.20. The maximum absolute atomic E-state index is 13.1. The van der Waals surface area contributed by atoms with Gasteiger partial charge in [-0.1, -0.05) is 11.6 Å². The van der Waals surface area contributed by atoms with Gasteiger partial charge in [0.2, 0.25) is 5.91 Å². The summed E-state index contributed by atoms with van der Waals surface area (Å²) in [5.41, 5.74) is 2.75. The molecule has 3 nitrogen and oxygen atoms in total. The molecule has 1 aliphatic carbocycles. The molecule has 0 atom stereocenters. The molecule has 0 unspecified atom stereocenters. The molecule has 1 aromatic heterocycles.